The Bertz CT molecular complexity index is 382. The van der Waals surface area contributed by atoms with Crippen LogP contribution in [-0.4, -0.2) is 23.8 Å². The van der Waals surface area contributed by atoms with E-state index in [9.17, 15) is 5.11 Å². The highest BCUT2D eigenvalue weighted by Gasteiger charge is 2.38. The molecule has 0 aliphatic heterocycles. The molecule has 1 aromatic rings. The fourth-order valence-electron chi connectivity index (χ4n) is 3.79. The summed E-state index contributed by atoms with van der Waals surface area (Å²) in [7, 11) is 0. The van der Waals surface area contributed by atoms with Crippen molar-refractivity contribution in [3.05, 3.63) is 35.4 Å². The van der Waals surface area contributed by atoms with Gasteiger partial charge in [-0.2, -0.15) is 0 Å². The predicted octanol–water partition coefficient (Wildman–Crippen LogP) is 2.15. The normalized spacial score (nSPS) is 31.8. The van der Waals surface area contributed by atoms with Crippen molar-refractivity contribution >= 4 is 0 Å². The van der Waals surface area contributed by atoms with Gasteiger partial charge in [0.05, 0.1) is 6.10 Å². The monoisotopic (exact) mass is 245 g/mol. The molecule has 3 unspecified atom stereocenters. The van der Waals surface area contributed by atoms with Crippen LogP contribution in [0.25, 0.3) is 0 Å². The first-order chi connectivity index (χ1) is 8.74. The molecule has 0 heterocycles. The van der Waals surface area contributed by atoms with Crippen LogP contribution in [0.4, 0.5) is 0 Å². The summed E-state index contributed by atoms with van der Waals surface area (Å²) >= 11 is 0. The number of hydrogen-bond acceptors (Lipinski definition) is 2. The highest BCUT2D eigenvalue weighted by molar-refractivity contribution is 5.30. The smallest absolute Gasteiger partial charge is 0.0636 e. The van der Waals surface area contributed by atoms with Crippen molar-refractivity contribution in [3.8, 4) is 0 Å². The second kappa shape index (κ2) is 5.02. The molecular weight excluding hydrogens is 222 g/mol. The lowest BCUT2D eigenvalue weighted by Gasteiger charge is -2.24. The van der Waals surface area contributed by atoms with Gasteiger partial charge in [0.2, 0.25) is 0 Å². The summed E-state index contributed by atoms with van der Waals surface area (Å²) in [6.07, 6.45) is 4.87. The SMILES string of the molecule is CC(O)CNC1C2CCC1Cc1ccccc1C2. The average Bonchev–Trinajstić information content (AvgIpc) is 2.62. The standard InChI is InChI=1S/C16H23NO/c1-11(18)10-17-16-14-6-7-15(16)9-13-5-3-2-4-12(13)8-14/h2-5,11,14-18H,6-10H2,1H3. The molecule has 0 saturated heterocycles. The van der Waals surface area contributed by atoms with Crippen LogP contribution in [0.5, 0.6) is 0 Å². The van der Waals surface area contributed by atoms with Gasteiger partial charge >= 0.3 is 0 Å². The van der Waals surface area contributed by atoms with Gasteiger partial charge in [-0.25, -0.2) is 0 Å². The molecule has 2 bridgehead atoms. The van der Waals surface area contributed by atoms with Gasteiger partial charge in [0.25, 0.3) is 0 Å². The van der Waals surface area contributed by atoms with Gasteiger partial charge in [-0.1, -0.05) is 24.3 Å². The van der Waals surface area contributed by atoms with Crippen molar-refractivity contribution in [1.82, 2.24) is 5.32 Å². The zero-order valence-corrected chi connectivity index (χ0v) is 11.1. The summed E-state index contributed by atoms with van der Waals surface area (Å²) in [6.45, 7) is 2.59. The van der Waals surface area contributed by atoms with Gasteiger partial charge in [0.1, 0.15) is 0 Å². The van der Waals surface area contributed by atoms with Crippen LogP contribution in [0.15, 0.2) is 24.3 Å². The fourth-order valence-corrected chi connectivity index (χ4v) is 3.79. The molecule has 1 saturated carbocycles. The molecule has 3 atom stereocenters. The fraction of sp³-hybridized carbons (Fsp3) is 0.625. The Balaban J connectivity index is 1.78. The molecule has 2 N–H and O–H groups in total. The summed E-state index contributed by atoms with van der Waals surface area (Å²) in [4.78, 5) is 0. The van der Waals surface area contributed by atoms with Crippen molar-refractivity contribution in [2.45, 2.75) is 44.8 Å². The molecular formula is C16H23NO. The minimum Gasteiger partial charge on any atom is -0.392 e. The molecule has 0 aromatic heterocycles. The first kappa shape index (κ1) is 12.2. The molecule has 18 heavy (non-hydrogen) atoms. The summed E-state index contributed by atoms with van der Waals surface area (Å²) in [5.74, 6) is 1.52. The largest absolute Gasteiger partial charge is 0.392 e. The third-order valence-electron chi connectivity index (χ3n) is 4.66. The molecule has 2 nitrogen and oxygen atoms in total. The van der Waals surface area contributed by atoms with E-state index in [1.165, 1.54) is 25.7 Å². The maximum absolute atomic E-state index is 9.46. The third-order valence-corrected chi connectivity index (χ3v) is 4.66. The molecule has 98 valence electrons. The first-order valence-electron chi connectivity index (χ1n) is 7.22. The summed E-state index contributed by atoms with van der Waals surface area (Å²) in [6, 6.07) is 9.52. The maximum Gasteiger partial charge on any atom is 0.0636 e. The molecule has 3 rings (SSSR count). The van der Waals surface area contributed by atoms with Crippen molar-refractivity contribution in [3.63, 3.8) is 0 Å². The maximum atomic E-state index is 9.46. The zero-order chi connectivity index (χ0) is 12.5. The van der Waals surface area contributed by atoms with Crippen LogP contribution in [0.3, 0.4) is 0 Å². The Morgan fingerprint density at radius 1 is 1.17 bits per heavy atom. The van der Waals surface area contributed by atoms with Crippen LogP contribution in [0.2, 0.25) is 0 Å². The zero-order valence-electron chi connectivity index (χ0n) is 11.1. The summed E-state index contributed by atoms with van der Waals surface area (Å²) in [5.41, 5.74) is 3.10. The Kier molecular flexibility index (Phi) is 3.40. The van der Waals surface area contributed by atoms with Crippen LogP contribution in [0, 0.1) is 11.8 Å². The molecule has 2 heteroatoms. The van der Waals surface area contributed by atoms with E-state index in [4.69, 9.17) is 0 Å². The lowest BCUT2D eigenvalue weighted by atomic mass is 9.94. The van der Waals surface area contributed by atoms with Crippen molar-refractivity contribution in [2.24, 2.45) is 11.8 Å². The molecule has 0 spiro atoms. The highest BCUT2D eigenvalue weighted by Crippen LogP contribution is 2.39. The minimum atomic E-state index is -0.241. The summed E-state index contributed by atoms with van der Waals surface area (Å²) < 4.78 is 0. The Morgan fingerprint density at radius 2 is 1.72 bits per heavy atom. The number of benzene rings is 1. The molecule has 0 amide bonds. The van der Waals surface area contributed by atoms with E-state index in [2.05, 4.69) is 29.6 Å². The number of aliphatic hydroxyl groups is 1. The van der Waals surface area contributed by atoms with Crippen molar-refractivity contribution in [2.75, 3.05) is 6.54 Å². The number of fused-ring (bicyclic) bond motifs is 3. The van der Waals surface area contributed by atoms with E-state index in [1.807, 2.05) is 6.92 Å². The molecule has 0 radical (unpaired) electrons. The molecule has 1 fully saturated rings. The Labute approximate surface area is 109 Å². The van der Waals surface area contributed by atoms with E-state index < -0.39 is 0 Å². The van der Waals surface area contributed by atoms with Crippen LogP contribution >= 0.6 is 0 Å². The van der Waals surface area contributed by atoms with Gasteiger partial charge in [0, 0.05) is 12.6 Å². The first-order valence-corrected chi connectivity index (χ1v) is 7.22. The van der Waals surface area contributed by atoms with Gasteiger partial charge in [-0.3, -0.25) is 0 Å². The lowest BCUT2D eigenvalue weighted by molar-refractivity contribution is 0.177. The van der Waals surface area contributed by atoms with Crippen molar-refractivity contribution in [1.29, 1.82) is 0 Å². The number of aliphatic hydroxyl groups excluding tert-OH is 1. The van der Waals surface area contributed by atoms with Gasteiger partial charge in [-0.15, -0.1) is 0 Å². The number of hydrogen-bond donors (Lipinski definition) is 2. The highest BCUT2D eigenvalue weighted by atomic mass is 16.3. The topological polar surface area (TPSA) is 32.3 Å². The second-order valence-electron chi connectivity index (χ2n) is 6.06. The Morgan fingerprint density at radius 3 is 2.22 bits per heavy atom. The van der Waals surface area contributed by atoms with E-state index in [-0.39, 0.29) is 6.10 Å². The number of nitrogens with one attached hydrogen (secondary N) is 1. The van der Waals surface area contributed by atoms with Crippen LogP contribution in [-0.2, 0) is 12.8 Å². The van der Waals surface area contributed by atoms with Gasteiger partial charge in [-0.05, 0) is 55.6 Å². The van der Waals surface area contributed by atoms with E-state index in [0.717, 1.165) is 18.4 Å². The predicted molar refractivity (Wildman–Crippen MR) is 73.5 cm³/mol. The van der Waals surface area contributed by atoms with Crippen molar-refractivity contribution < 1.29 is 5.11 Å². The van der Waals surface area contributed by atoms with Crippen LogP contribution in [0.1, 0.15) is 30.9 Å². The quantitative estimate of drug-likeness (QED) is 0.855. The Hall–Kier alpha value is -0.860. The van der Waals surface area contributed by atoms with E-state index >= 15 is 0 Å². The minimum absolute atomic E-state index is 0.241. The van der Waals surface area contributed by atoms with Crippen LogP contribution < -0.4 is 5.32 Å². The molecule has 2 aliphatic rings. The number of rotatable bonds is 3. The van der Waals surface area contributed by atoms with Gasteiger partial charge < -0.3 is 10.4 Å². The second-order valence-corrected chi connectivity index (χ2v) is 6.06. The molecule has 2 aliphatic carbocycles. The van der Waals surface area contributed by atoms with E-state index in [1.54, 1.807) is 11.1 Å². The third kappa shape index (κ3) is 2.32. The van der Waals surface area contributed by atoms with Gasteiger partial charge in [0.15, 0.2) is 0 Å². The lowest BCUT2D eigenvalue weighted by Crippen LogP contribution is -2.41. The average molecular weight is 245 g/mol. The van der Waals surface area contributed by atoms with E-state index in [0.29, 0.717) is 6.04 Å². The summed E-state index contributed by atoms with van der Waals surface area (Å²) in [5, 5.41) is 13.1. The molecule has 1 aromatic carbocycles.